The third kappa shape index (κ3) is 5.79. The molecule has 9 nitrogen and oxygen atoms in total. The van der Waals surface area contributed by atoms with Crippen molar-refractivity contribution in [3.8, 4) is 0 Å². The van der Waals surface area contributed by atoms with Crippen molar-refractivity contribution in [3.63, 3.8) is 0 Å². The first kappa shape index (κ1) is 21.8. The fourth-order valence-corrected chi connectivity index (χ4v) is 3.46. The van der Waals surface area contributed by atoms with Crippen LogP contribution < -0.4 is 21.9 Å². The molecule has 2 aromatic rings. The highest BCUT2D eigenvalue weighted by atomic mass is 16.5. The average molecular weight is 415 g/mol. The van der Waals surface area contributed by atoms with Crippen molar-refractivity contribution < 1.29 is 9.53 Å². The van der Waals surface area contributed by atoms with Gasteiger partial charge in [-0.2, -0.15) is 0 Å². The molecular weight excluding hydrogens is 384 g/mol. The van der Waals surface area contributed by atoms with Crippen molar-refractivity contribution in [2.24, 2.45) is 0 Å². The lowest BCUT2D eigenvalue weighted by Crippen LogP contribution is -2.35. The van der Waals surface area contributed by atoms with E-state index in [2.05, 4.69) is 20.6 Å². The van der Waals surface area contributed by atoms with Crippen LogP contribution in [0.3, 0.4) is 0 Å². The van der Waals surface area contributed by atoms with Crippen molar-refractivity contribution >= 4 is 17.5 Å². The third-order valence-electron chi connectivity index (χ3n) is 5.28. The summed E-state index contributed by atoms with van der Waals surface area (Å²) in [5.74, 6) is 0.434. The van der Waals surface area contributed by atoms with Gasteiger partial charge in [-0.25, -0.2) is 9.97 Å². The van der Waals surface area contributed by atoms with Gasteiger partial charge in [0.15, 0.2) is 5.82 Å². The maximum absolute atomic E-state index is 12.8. The minimum Gasteiger partial charge on any atom is -0.384 e. The zero-order valence-corrected chi connectivity index (χ0v) is 17.6. The van der Waals surface area contributed by atoms with Crippen LogP contribution in [0.4, 0.5) is 11.6 Å². The highest BCUT2D eigenvalue weighted by molar-refractivity contribution is 5.75. The first-order chi connectivity index (χ1) is 14.4. The minimum atomic E-state index is -0.306. The Labute approximate surface area is 176 Å². The SMILES string of the molecule is Cc1nc(N)ccc1CNC(=O)Cn1c(C)cnc(NCCC2CCCCO2)c1=O. The van der Waals surface area contributed by atoms with Gasteiger partial charge in [0, 0.05) is 37.3 Å². The van der Waals surface area contributed by atoms with Gasteiger partial charge in [-0.15, -0.1) is 0 Å². The third-order valence-corrected chi connectivity index (χ3v) is 5.28. The van der Waals surface area contributed by atoms with Gasteiger partial charge >= 0.3 is 0 Å². The standard InChI is InChI=1S/C21H30N6O3/c1-14-11-25-20(23-9-8-17-5-3-4-10-30-17)21(29)27(14)13-19(28)24-12-16-6-7-18(22)26-15(16)2/h6-7,11,17H,3-5,8-10,12-13H2,1-2H3,(H2,22,26)(H,23,25)(H,24,28). The zero-order valence-electron chi connectivity index (χ0n) is 17.6. The molecule has 0 radical (unpaired) electrons. The molecule has 30 heavy (non-hydrogen) atoms. The normalized spacial score (nSPS) is 16.3. The predicted octanol–water partition coefficient (Wildman–Crippen LogP) is 1.52. The van der Waals surface area contributed by atoms with E-state index in [0.29, 0.717) is 24.6 Å². The summed E-state index contributed by atoms with van der Waals surface area (Å²) in [5.41, 5.74) is 7.62. The number of nitrogens with two attached hydrogens (primary N) is 1. The summed E-state index contributed by atoms with van der Waals surface area (Å²) >= 11 is 0. The van der Waals surface area contributed by atoms with Crippen molar-refractivity contribution in [1.29, 1.82) is 0 Å². The Morgan fingerprint density at radius 2 is 2.17 bits per heavy atom. The van der Waals surface area contributed by atoms with Gasteiger partial charge in [0.1, 0.15) is 12.4 Å². The largest absolute Gasteiger partial charge is 0.384 e. The molecule has 3 heterocycles. The Morgan fingerprint density at radius 3 is 2.90 bits per heavy atom. The molecule has 9 heteroatoms. The average Bonchev–Trinajstić information content (AvgIpc) is 2.73. The number of hydrogen-bond donors (Lipinski definition) is 3. The molecular formula is C21H30N6O3. The number of carbonyl (C=O) groups excluding carboxylic acids is 1. The van der Waals surface area contributed by atoms with Crippen molar-refractivity contribution in [1.82, 2.24) is 19.9 Å². The molecule has 3 rings (SSSR count). The zero-order chi connectivity index (χ0) is 21.5. The highest BCUT2D eigenvalue weighted by Crippen LogP contribution is 2.15. The Kier molecular flexibility index (Phi) is 7.40. The maximum Gasteiger partial charge on any atom is 0.293 e. The summed E-state index contributed by atoms with van der Waals surface area (Å²) in [7, 11) is 0. The molecule has 0 bridgehead atoms. The van der Waals surface area contributed by atoms with Gasteiger partial charge in [-0.1, -0.05) is 6.07 Å². The van der Waals surface area contributed by atoms with Crippen LogP contribution in [0.1, 0.15) is 42.6 Å². The Bertz CT molecular complexity index is 937. The van der Waals surface area contributed by atoms with E-state index in [0.717, 1.165) is 37.1 Å². The van der Waals surface area contributed by atoms with Gasteiger partial charge in [-0.05, 0) is 51.2 Å². The van der Waals surface area contributed by atoms with E-state index in [4.69, 9.17) is 10.5 Å². The summed E-state index contributed by atoms with van der Waals surface area (Å²) in [6.45, 7) is 5.26. The number of rotatable bonds is 8. The first-order valence-electron chi connectivity index (χ1n) is 10.3. The number of nitrogens with zero attached hydrogens (tertiary/aromatic N) is 3. The lowest BCUT2D eigenvalue weighted by molar-refractivity contribution is -0.121. The van der Waals surface area contributed by atoms with Crippen LogP contribution in [-0.2, 0) is 22.6 Å². The molecule has 1 aliphatic heterocycles. The van der Waals surface area contributed by atoms with Crippen LogP contribution in [0.2, 0.25) is 0 Å². The predicted molar refractivity (Wildman–Crippen MR) is 115 cm³/mol. The van der Waals surface area contributed by atoms with E-state index in [-0.39, 0.29) is 29.9 Å². The molecule has 0 aromatic carbocycles. The van der Waals surface area contributed by atoms with Crippen LogP contribution in [0.5, 0.6) is 0 Å². The number of nitrogen functional groups attached to an aromatic ring is 1. The molecule has 0 aliphatic carbocycles. The summed E-state index contributed by atoms with van der Waals surface area (Å²) in [6.07, 6.45) is 6.01. The second-order valence-electron chi connectivity index (χ2n) is 7.60. The van der Waals surface area contributed by atoms with E-state index in [1.807, 2.05) is 13.0 Å². The van der Waals surface area contributed by atoms with Crippen LogP contribution in [0.25, 0.3) is 0 Å². The van der Waals surface area contributed by atoms with E-state index in [1.54, 1.807) is 19.2 Å². The van der Waals surface area contributed by atoms with Gasteiger partial charge in [0.05, 0.1) is 6.10 Å². The number of hydrogen-bond acceptors (Lipinski definition) is 7. The monoisotopic (exact) mass is 414 g/mol. The second-order valence-corrected chi connectivity index (χ2v) is 7.60. The van der Waals surface area contributed by atoms with Gasteiger partial charge in [0.2, 0.25) is 5.91 Å². The number of amides is 1. The summed E-state index contributed by atoms with van der Waals surface area (Å²) < 4.78 is 7.14. The Hall–Kier alpha value is -2.94. The number of carbonyl (C=O) groups is 1. The maximum atomic E-state index is 12.8. The van der Waals surface area contributed by atoms with Crippen LogP contribution in [0, 0.1) is 13.8 Å². The summed E-state index contributed by atoms with van der Waals surface area (Å²) in [6, 6.07) is 3.53. The number of aromatic nitrogens is 3. The van der Waals surface area contributed by atoms with Gasteiger partial charge < -0.3 is 21.1 Å². The first-order valence-corrected chi connectivity index (χ1v) is 10.3. The molecule has 0 spiro atoms. The number of nitrogens with one attached hydrogen (secondary N) is 2. The van der Waals surface area contributed by atoms with Crippen molar-refractivity contribution in [3.05, 3.63) is 45.6 Å². The lowest BCUT2D eigenvalue weighted by Gasteiger charge is -2.22. The Morgan fingerprint density at radius 1 is 1.33 bits per heavy atom. The molecule has 1 unspecified atom stereocenters. The number of pyridine rings is 1. The molecule has 1 amide bonds. The van der Waals surface area contributed by atoms with Crippen LogP contribution in [-0.4, -0.2) is 39.7 Å². The van der Waals surface area contributed by atoms with Gasteiger partial charge in [-0.3, -0.25) is 14.2 Å². The van der Waals surface area contributed by atoms with Crippen LogP contribution >= 0.6 is 0 Å². The van der Waals surface area contributed by atoms with E-state index in [1.165, 1.54) is 11.0 Å². The Balaban J connectivity index is 1.57. The quantitative estimate of drug-likeness (QED) is 0.598. The molecule has 0 saturated carbocycles. The molecule has 1 atom stereocenters. The second kappa shape index (κ2) is 10.2. The lowest BCUT2D eigenvalue weighted by atomic mass is 10.1. The molecule has 1 fully saturated rings. The van der Waals surface area contributed by atoms with Crippen molar-refractivity contribution in [2.75, 3.05) is 24.2 Å². The molecule has 2 aromatic heterocycles. The van der Waals surface area contributed by atoms with Crippen LogP contribution in [0.15, 0.2) is 23.1 Å². The number of ether oxygens (including phenoxy) is 1. The number of aryl methyl sites for hydroxylation is 2. The topological polar surface area (TPSA) is 124 Å². The number of anilines is 2. The molecule has 4 N–H and O–H groups in total. The van der Waals surface area contributed by atoms with E-state index >= 15 is 0 Å². The molecule has 1 aliphatic rings. The molecule has 1 saturated heterocycles. The fraction of sp³-hybridized carbons (Fsp3) is 0.524. The van der Waals surface area contributed by atoms with Crippen molar-refractivity contribution in [2.45, 2.75) is 58.7 Å². The van der Waals surface area contributed by atoms with E-state index in [9.17, 15) is 9.59 Å². The van der Waals surface area contributed by atoms with E-state index < -0.39 is 0 Å². The fourth-order valence-electron chi connectivity index (χ4n) is 3.46. The highest BCUT2D eigenvalue weighted by Gasteiger charge is 2.15. The minimum absolute atomic E-state index is 0.0744. The summed E-state index contributed by atoms with van der Waals surface area (Å²) in [5, 5.41) is 5.93. The summed E-state index contributed by atoms with van der Waals surface area (Å²) in [4.78, 5) is 33.6. The molecule has 162 valence electrons. The van der Waals surface area contributed by atoms with Gasteiger partial charge in [0.25, 0.3) is 5.56 Å². The smallest absolute Gasteiger partial charge is 0.293 e.